The molecule has 0 saturated carbocycles. The number of benzene rings is 1. The summed E-state index contributed by atoms with van der Waals surface area (Å²) >= 11 is 7.87. The number of amides is 1. The minimum atomic E-state index is 0.0607. The Balaban J connectivity index is 1.56. The summed E-state index contributed by atoms with van der Waals surface area (Å²) in [4.78, 5) is 17.0. The summed E-state index contributed by atoms with van der Waals surface area (Å²) in [6, 6.07) is 12.0. The predicted octanol–water partition coefficient (Wildman–Crippen LogP) is 4.59. The predicted molar refractivity (Wildman–Crippen MR) is 93.9 cm³/mol. The number of carbonyl (C=O) groups excluding carboxylic acids is 1. The molecule has 1 atom stereocenters. The molecule has 1 aromatic heterocycles. The normalized spacial score (nSPS) is 17.7. The Kier molecular flexibility index (Phi) is 5.36. The van der Waals surface area contributed by atoms with E-state index in [1.54, 1.807) is 11.3 Å². The van der Waals surface area contributed by atoms with Gasteiger partial charge in [-0.3, -0.25) is 4.79 Å². The molecule has 1 aliphatic rings. The molecule has 0 aliphatic carbocycles. The van der Waals surface area contributed by atoms with Gasteiger partial charge in [0.1, 0.15) is 6.61 Å². The molecule has 1 fully saturated rings. The summed E-state index contributed by atoms with van der Waals surface area (Å²) in [5.41, 5.74) is 0.911. The van der Waals surface area contributed by atoms with E-state index in [4.69, 9.17) is 16.3 Å². The van der Waals surface area contributed by atoms with Crippen LogP contribution < -0.4 is 0 Å². The van der Waals surface area contributed by atoms with Crippen LogP contribution in [0.1, 0.15) is 34.2 Å². The smallest absolute Gasteiger partial charge is 0.249 e. The molecular weight excluding hydrogens is 330 g/mol. The Labute approximate surface area is 145 Å². The number of aryl methyl sites for hydroxylation is 1. The van der Waals surface area contributed by atoms with Crippen LogP contribution in [0.5, 0.6) is 0 Å². The van der Waals surface area contributed by atoms with Gasteiger partial charge in [-0.25, -0.2) is 0 Å². The van der Waals surface area contributed by atoms with E-state index in [0.29, 0.717) is 11.6 Å². The van der Waals surface area contributed by atoms with Gasteiger partial charge in [0.05, 0.1) is 12.6 Å². The van der Waals surface area contributed by atoms with Gasteiger partial charge in [-0.05, 0) is 43.5 Å². The number of halogens is 1. The van der Waals surface area contributed by atoms with Crippen LogP contribution in [0.3, 0.4) is 0 Å². The molecule has 0 radical (unpaired) electrons. The van der Waals surface area contributed by atoms with E-state index in [-0.39, 0.29) is 18.6 Å². The van der Waals surface area contributed by atoms with Crippen molar-refractivity contribution in [2.45, 2.75) is 32.4 Å². The number of nitrogens with zero attached hydrogens (tertiary/aromatic N) is 1. The molecule has 0 bridgehead atoms. The average molecular weight is 350 g/mol. The van der Waals surface area contributed by atoms with Crippen molar-refractivity contribution in [1.29, 1.82) is 0 Å². The van der Waals surface area contributed by atoms with Crippen molar-refractivity contribution >= 4 is 28.8 Å². The minimum absolute atomic E-state index is 0.0607. The Hall–Kier alpha value is -1.36. The summed E-state index contributed by atoms with van der Waals surface area (Å²) in [7, 11) is 0. The van der Waals surface area contributed by atoms with E-state index >= 15 is 0 Å². The Morgan fingerprint density at radius 2 is 2.17 bits per heavy atom. The van der Waals surface area contributed by atoms with Crippen LogP contribution in [0.15, 0.2) is 36.4 Å². The SMILES string of the molecule is Cc1ccc(C2CCCN2C(=O)COCc2ccccc2Cl)s1. The Morgan fingerprint density at radius 3 is 2.91 bits per heavy atom. The van der Waals surface area contributed by atoms with Gasteiger partial charge in [0.25, 0.3) is 0 Å². The lowest BCUT2D eigenvalue weighted by atomic mass is 10.2. The van der Waals surface area contributed by atoms with E-state index in [9.17, 15) is 4.79 Å². The Bertz CT molecular complexity index is 685. The topological polar surface area (TPSA) is 29.5 Å². The third kappa shape index (κ3) is 3.94. The number of likely N-dealkylation sites (tertiary alicyclic amines) is 1. The van der Waals surface area contributed by atoms with Crippen molar-refractivity contribution in [2.75, 3.05) is 13.2 Å². The standard InChI is InChI=1S/C18H20ClNO2S/c1-13-8-9-17(23-13)16-7-4-10-20(16)18(21)12-22-11-14-5-2-3-6-15(14)19/h2-3,5-6,8-9,16H,4,7,10-12H2,1H3. The summed E-state index contributed by atoms with van der Waals surface area (Å²) in [6.07, 6.45) is 2.09. The van der Waals surface area contributed by atoms with E-state index in [1.165, 1.54) is 9.75 Å². The molecule has 1 unspecified atom stereocenters. The molecule has 1 aliphatic heterocycles. The molecule has 1 aromatic carbocycles. The molecule has 1 amide bonds. The second-order valence-electron chi connectivity index (χ2n) is 5.78. The second-order valence-corrected chi connectivity index (χ2v) is 7.50. The van der Waals surface area contributed by atoms with Gasteiger partial charge in [0.2, 0.25) is 5.91 Å². The molecule has 0 N–H and O–H groups in total. The second kappa shape index (κ2) is 7.47. The molecule has 0 spiro atoms. The number of carbonyl (C=O) groups is 1. The molecule has 5 heteroatoms. The van der Waals surface area contributed by atoms with Gasteiger partial charge in [-0.15, -0.1) is 11.3 Å². The highest BCUT2D eigenvalue weighted by molar-refractivity contribution is 7.12. The van der Waals surface area contributed by atoms with E-state index < -0.39 is 0 Å². The average Bonchev–Trinajstić information content (AvgIpc) is 3.17. The zero-order chi connectivity index (χ0) is 16.2. The first kappa shape index (κ1) is 16.5. The molecule has 23 heavy (non-hydrogen) atoms. The maximum absolute atomic E-state index is 12.5. The fourth-order valence-corrected chi connectivity index (χ4v) is 4.16. The molecule has 3 nitrogen and oxygen atoms in total. The van der Waals surface area contributed by atoms with Crippen molar-refractivity contribution in [3.63, 3.8) is 0 Å². The summed E-state index contributed by atoms with van der Waals surface area (Å²) in [5.74, 6) is 0.0607. The van der Waals surface area contributed by atoms with E-state index in [1.807, 2.05) is 29.2 Å². The van der Waals surface area contributed by atoms with Crippen molar-refractivity contribution < 1.29 is 9.53 Å². The quantitative estimate of drug-likeness (QED) is 0.790. The van der Waals surface area contributed by atoms with Gasteiger partial charge in [-0.2, -0.15) is 0 Å². The maximum Gasteiger partial charge on any atom is 0.249 e. The van der Waals surface area contributed by atoms with Crippen molar-refractivity contribution in [3.8, 4) is 0 Å². The Morgan fingerprint density at radius 1 is 1.35 bits per heavy atom. The van der Waals surface area contributed by atoms with Gasteiger partial charge >= 0.3 is 0 Å². The van der Waals surface area contributed by atoms with Crippen LogP contribution in [0.4, 0.5) is 0 Å². The first-order chi connectivity index (χ1) is 11.1. The van der Waals surface area contributed by atoms with E-state index in [0.717, 1.165) is 24.9 Å². The first-order valence-electron chi connectivity index (χ1n) is 7.82. The van der Waals surface area contributed by atoms with Crippen molar-refractivity contribution in [3.05, 3.63) is 56.7 Å². The zero-order valence-electron chi connectivity index (χ0n) is 13.1. The highest BCUT2D eigenvalue weighted by Crippen LogP contribution is 2.35. The molecule has 2 heterocycles. The number of rotatable bonds is 5. The fraction of sp³-hybridized carbons (Fsp3) is 0.389. The monoisotopic (exact) mass is 349 g/mol. The lowest BCUT2D eigenvalue weighted by Gasteiger charge is -2.24. The highest BCUT2D eigenvalue weighted by atomic mass is 35.5. The van der Waals surface area contributed by atoms with Crippen LogP contribution >= 0.6 is 22.9 Å². The van der Waals surface area contributed by atoms with Crippen molar-refractivity contribution in [2.24, 2.45) is 0 Å². The maximum atomic E-state index is 12.5. The zero-order valence-corrected chi connectivity index (χ0v) is 14.7. The summed E-state index contributed by atoms with van der Waals surface area (Å²) < 4.78 is 5.59. The van der Waals surface area contributed by atoms with Gasteiger partial charge in [0.15, 0.2) is 0 Å². The van der Waals surface area contributed by atoms with Crippen LogP contribution in [0, 0.1) is 6.92 Å². The lowest BCUT2D eigenvalue weighted by Crippen LogP contribution is -2.33. The van der Waals surface area contributed by atoms with E-state index in [2.05, 4.69) is 19.1 Å². The number of hydrogen-bond acceptors (Lipinski definition) is 3. The van der Waals surface area contributed by atoms with Crippen LogP contribution in [0.25, 0.3) is 0 Å². The number of ether oxygens (including phenoxy) is 1. The molecule has 2 aromatic rings. The highest BCUT2D eigenvalue weighted by Gasteiger charge is 2.30. The van der Waals surface area contributed by atoms with Crippen LogP contribution in [-0.4, -0.2) is 24.0 Å². The molecule has 1 saturated heterocycles. The third-order valence-electron chi connectivity index (χ3n) is 4.10. The van der Waals surface area contributed by atoms with Crippen LogP contribution in [0.2, 0.25) is 5.02 Å². The van der Waals surface area contributed by atoms with Gasteiger partial charge in [-0.1, -0.05) is 29.8 Å². The summed E-state index contributed by atoms with van der Waals surface area (Å²) in [6.45, 7) is 3.38. The lowest BCUT2D eigenvalue weighted by molar-refractivity contribution is -0.137. The summed E-state index contributed by atoms with van der Waals surface area (Å²) in [5, 5.41) is 0.674. The van der Waals surface area contributed by atoms with Gasteiger partial charge < -0.3 is 9.64 Å². The minimum Gasteiger partial charge on any atom is -0.367 e. The molecular formula is C18H20ClNO2S. The molecule has 122 valence electrons. The molecule has 3 rings (SSSR count). The first-order valence-corrected chi connectivity index (χ1v) is 9.01. The fourth-order valence-electron chi connectivity index (χ4n) is 2.94. The third-order valence-corrected chi connectivity index (χ3v) is 5.57. The largest absolute Gasteiger partial charge is 0.367 e. The van der Waals surface area contributed by atoms with Crippen molar-refractivity contribution in [1.82, 2.24) is 4.90 Å². The number of hydrogen-bond donors (Lipinski definition) is 0. The van der Waals surface area contributed by atoms with Crippen LogP contribution in [-0.2, 0) is 16.1 Å². The van der Waals surface area contributed by atoms with Gasteiger partial charge in [0, 0.05) is 21.3 Å². The number of thiophene rings is 1.